The smallest absolute Gasteiger partial charge is 0.416 e. The molecule has 0 aromatic heterocycles. The predicted octanol–water partition coefficient (Wildman–Crippen LogP) is 5.05. The second-order valence-electron chi connectivity index (χ2n) is 7.51. The Morgan fingerprint density at radius 3 is 2.15 bits per heavy atom. The minimum absolute atomic E-state index is 0.0345. The standard InChI is InChI=1S/C25H18F3NO5/c1-34-19-5-3-2-4-18(19)22(31)20-21(14-6-12-17(30)13-7-14)29(24(33)23(20)32)16-10-8-15(9-11-16)25(26,27)28/h2-13,21,30-31H,1H3/b22-20+. The van der Waals surface area contributed by atoms with E-state index < -0.39 is 35.2 Å². The first-order chi connectivity index (χ1) is 16.1. The number of alkyl halides is 3. The summed E-state index contributed by atoms with van der Waals surface area (Å²) < 4.78 is 44.4. The van der Waals surface area contributed by atoms with Gasteiger partial charge >= 0.3 is 6.18 Å². The lowest BCUT2D eigenvalue weighted by Gasteiger charge is -2.26. The van der Waals surface area contributed by atoms with Crippen molar-refractivity contribution in [2.45, 2.75) is 12.2 Å². The van der Waals surface area contributed by atoms with Crippen LogP contribution in [0.3, 0.4) is 0 Å². The maximum absolute atomic E-state index is 13.1. The van der Waals surface area contributed by atoms with Crippen molar-refractivity contribution in [2.75, 3.05) is 12.0 Å². The van der Waals surface area contributed by atoms with Crippen molar-refractivity contribution in [1.29, 1.82) is 0 Å². The van der Waals surface area contributed by atoms with Gasteiger partial charge in [-0.05, 0) is 54.1 Å². The number of ether oxygens (including phenoxy) is 1. The Hall–Kier alpha value is -4.27. The molecule has 3 aromatic carbocycles. The molecule has 4 rings (SSSR count). The van der Waals surface area contributed by atoms with Gasteiger partial charge in [-0.1, -0.05) is 24.3 Å². The summed E-state index contributed by atoms with van der Waals surface area (Å²) in [7, 11) is 1.38. The first-order valence-electron chi connectivity index (χ1n) is 10.0. The minimum atomic E-state index is -4.58. The molecule has 1 aliphatic rings. The third-order valence-corrected chi connectivity index (χ3v) is 5.49. The number of methoxy groups -OCH3 is 1. The third-order valence-electron chi connectivity index (χ3n) is 5.49. The molecule has 34 heavy (non-hydrogen) atoms. The number of Topliss-reactive ketones (excluding diaryl/α,β-unsaturated/α-hetero) is 1. The van der Waals surface area contributed by atoms with Gasteiger partial charge in [0.15, 0.2) is 0 Å². The van der Waals surface area contributed by atoms with Crippen molar-refractivity contribution in [3.8, 4) is 11.5 Å². The van der Waals surface area contributed by atoms with E-state index in [0.717, 1.165) is 29.2 Å². The van der Waals surface area contributed by atoms with Crippen molar-refractivity contribution in [3.63, 3.8) is 0 Å². The number of nitrogens with zero attached hydrogens (tertiary/aromatic N) is 1. The number of ketones is 1. The Bertz CT molecular complexity index is 1280. The minimum Gasteiger partial charge on any atom is -0.508 e. The second kappa shape index (κ2) is 8.58. The van der Waals surface area contributed by atoms with Gasteiger partial charge in [0, 0.05) is 5.69 Å². The normalized spacial score (nSPS) is 17.8. The fourth-order valence-electron chi connectivity index (χ4n) is 3.87. The first kappa shape index (κ1) is 22.9. The molecule has 1 atom stereocenters. The van der Waals surface area contributed by atoms with E-state index in [0.29, 0.717) is 5.56 Å². The fourth-order valence-corrected chi connectivity index (χ4v) is 3.87. The summed E-state index contributed by atoms with van der Waals surface area (Å²) in [5.41, 5.74) is -0.622. The van der Waals surface area contributed by atoms with Crippen molar-refractivity contribution < 1.29 is 37.7 Å². The van der Waals surface area contributed by atoms with Crippen LogP contribution in [0, 0.1) is 0 Å². The van der Waals surface area contributed by atoms with E-state index in [1.807, 2.05) is 0 Å². The van der Waals surface area contributed by atoms with Gasteiger partial charge in [-0.25, -0.2) is 0 Å². The van der Waals surface area contributed by atoms with Crippen LogP contribution in [-0.2, 0) is 15.8 Å². The Labute approximate surface area is 192 Å². The molecule has 1 aliphatic heterocycles. The quantitative estimate of drug-likeness (QED) is 0.317. The van der Waals surface area contributed by atoms with E-state index in [-0.39, 0.29) is 28.3 Å². The number of phenolic OH excluding ortho intramolecular Hbond substituents is 1. The van der Waals surface area contributed by atoms with Gasteiger partial charge in [0.2, 0.25) is 0 Å². The van der Waals surface area contributed by atoms with E-state index in [4.69, 9.17) is 4.74 Å². The van der Waals surface area contributed by atoms with Gasteiger partial charge in [-0.2, -0.15) is 13.2 Å². The molecule has 174 valence electrons. The van der Waals surface area contributed by atoms with Crippen molar-refractivity contribution in [3.05, 3.63) is 95.1 Å². The van der Waals surface area contributed by atoms with Crippen molar-refractivity contribution in [2.24, 2.45) is 0 Å². The summed E-state index contributed by atoms with van der Waals surface area (Å²) in [6, 6.07) is 14.6. The lowest BCUT2D eigenvalue weighted by Crippen LogP contribution is -2.29. The summed E-state index contributed by atoms with van der Waals surface area (Å²) in [6.45, 7) is 0. The van der Waals surface area contributed by atoms with Crippen LogP contribution in [-0.4, -0.2) is 29.0 Å². The van der Waals surface area contributed by atoms with Crippen LogP contribution in [0.15, 0.2) is 78.4 Å². The molecule has 6 nitrogen and oxygen atoms in total. The Balaban J connectivity index is 1.93. The number of phenols is 1. The summed E-state index contributed by atoms with van der Waals surface area (Å²) >= 11 is 0. The number of hydrogen-bond donors (Lipinski definition) is 2. The molecule has 2 N–H and O–H groups in total. The molecule has 9 heteroatoms. The molecule has 0 spiro atoms. The summed E-state index contributed by atoms with van der Waals surface area (Å²) in [4.78, 5) is 27.2. The van der Waals surface area contributed by atoms with Crippen LogP contribution < -0.4 is 9.64 Å². The zero-order valence-corrected chi connectivity index (χ0v) is 17.7. The SMILES string of the molecule is COc1ccccc1/C(O)=C1\C(=O)C(=O)N(c2ccc(C(F)(F)F)cc2)C1c1ccc(O)cc1. The number of anilines is 1. The third kappa shape index (κ3) is 3.96. The molecule has 1 heterocycles. The van der Waals surface area contributed by atoms with Gasteiger partial charge < -0.3 is 14.9 Å². The number of aromatic hydroxyl groups is 1. The number of rotatable bonds is 4. The predicted molar refractivity (Wildman–Crippen MR) is 117 cm³/mol. The van der Waals surface area contributed by atoms with Crippen molar-refractivity contribution in [1.82, 2.24) is 0 Å². The molecule has 3 aromatic rings. The number of carbonyl (C=O) groups is 2. The fraction of sp³-hybridized carbons (Fsp3) is 0.120. The molecule has 0 aliphatic carbocycles. The zero-order chi connectivity index (χ0) is 24.6. The van der Waals surface area contributed by atoms with E-state index in [9.17, 15) is 33.0 Å². The van der Waals surface area contributed by atoms with Crippen LogP contribution in [0.1, 0.15) is 22.7 Å². The molecule has 0 bridgehead atoms. The van der Waals surface area contributed by atoms with Crippen LogP contribution >= 0.6 is 0 Å². The average Bonchev–Trinajstić information content (AvgIpc) is 3.09. The van der Waals surface area contributed by atoms with Gasteiger partial charge in [0.05, 0.1) is 29.9 Å². The molecule has 0 saturated carbocycles. The topological polar surface area (TPSA) is 87.1 Å². The van der Waals surface area contributed by atoms with Crippen LogP contribution in [0.2, 0.25) is 0 Å². The van der Waals surface area contributed by atoms with Gasteiger partial charge in [0.1, 0.15) is 17.3 Å². The lowest BCUT2D eigenvalue weighted by atomic mass is 9.94. The number of amides is 1. The highest BCUT2D eigenvalue weighted by molar-refractivity contribution is 6.51. The molecule has 1 unspecified atom stereocenters. The number of halogens is 3. The van der Waals surface area contributed by atoms with Gasteiger partial charge in [-0.15, -0.1) is 0 Å². The Morgan fingerprint density at radius 2 is 1.56 bits per heavy atom. The van der Waals surface area contributed by atoms with Crippen molar-refractivity contribution >= 4 is 23.1 Å². The monoisotopic (exact) mass is 469 g/mol. The molecule has 1 saturated heterocycles. The zero-order valence-electron chi connectivity index (χ0n) is 17.7. The molecule has 1 fully saturated rings. The Morgan fingerprint density at radius 1 is 0.941 bits per heavy atom. The summed E-state index contributed by atoms with van der Waals surface area (Å²) in [5.74, 6) is -2.34. The number of para-hydroxylation sites is 1. The highest BCUT2D eigenvalue weighted by Crippen LogP contribution is 2.44. The van der Waals surface area contributed by atoms with E-state index in [1.165, 1.54) is 37.4 Å². The molecular formula is C25H18F3NO5. The van der Waals surface area contributed by atoms with E-state index >= 15 is 0 Å². The molecule has 0 radical (unpaired) electrons. The average molecular weight is 469 g/mol. The first-order valence-corrected chi connectivity index (χ1v) is 10.0. The lowest BCUT2D eigenvalue weighted by molar-refractivity contribution is -0.137. The molecule has 1 amide bonds. The number of hydrogen-bond acceptors (Lipinski definition) is 5. The van der Waals surface area contributed by atoms with Crippen LogP contribution in [0.5, 0.6) is 11.5 Å². The van der Waals surface area contributed by atoms with Gasteiger partial charge in [0.25, 0.3) is 11.7 Å². The summed E-state index contributed by atoms with van der Waals surface area (Å²) in [5, 5.41) is 20.8. The number of benzene rings is 3. The maximum Gasteiger partial charge on any atom is 0.416 e. The highest BCUT2D eigenvalue weighted by atomic mass is 19.4. The number of aliphatic hydroxyl groups excluding tert-OH is 1. The molecular weight excluding hydrogens is 451 g/mol. The second-order valence-corrected chi connectivity index (χ2v) is 7.51. The van der Waals surface area contributed by atoms with E-state index in [1.54, 1.807) is 18.2 Å². The largest absolute Gasteiger partial charge is 0.508 e. The maximum atomic E-state index is 13.1. The number of aliphatic hydroxyl groups is 1. The van der Waals surface area contributed by atoms with Crippen LogP contribution in [0.4, 0.5) is 18.9 Å². The highest BCUT2D eigenvalue weighted by Gasteiger charge is 2.47. The van der Waals surface area contributed by atoms with Crippen LogP contribution in [0.25, 0.3) is 5.76 Å². The van der Waals surface area contributed by atoms with E-state index in [2.05, 4.69) is 0 Å². The summed E-state index contributed by atoms with van der Waals surface area (Å²) in [6.07, 6.45) is -4.58. The Kier molecular flexibility index (Phi) is 5.78. The number of carbonyl (C=O) groups excluding carboxylic acids is 2. The van der Waals surface area contributed by atoms with Gasteiger partial charge in [-0.3, -0.25) is 14.5 Å².